The molecule has 1 heterocycles. The second-order valence-corrected chi connectivity index (χ2v) is 13.0. The Morgan fingerprint density at radius 3 is 2.12 bits per heavy atom. The number of fused-ring (bicyclic) bond motifs is 1. The third-order valence-corrected chi connectivity index (χ3v) is 7.17. The van der Waals surface area contributed by atoms with Crippen LogP contribution in [-0.2, 0) is 27.8 Å². The molecule has 0 bridgehead atoms. The van der Waals surface area contributed by atoms with Crippen LogP contribution in [0.15, 0.2) is 78.9 Å². The van der Waals surface area contributed by atoms with Gasteiger partial charge in [-0.1, -0.05) is 90.1 Å². The number of carbonyl (C=O) groups is 2. The Balaban J connectivity index is 1.66. The molecule has 0 aliphatic carbocycles. The largest absolute Gasteiger partial charge is 0.467 e. The maximum atomic E-state index is 13.4. The molecule has 0 saturated carbocycles. The van der Waals surface area contributed by atoms with E-state index in [1.165, 1.54) is 18.2 Å². The summed E-state index contributed by atoms with van der Waals surface area (Å²) in [6.45, 7) is 12.6. The van der Waals surface area contributed by atoms with Crippen LogP contribution in [0, 0.1) is 5.41 Å². The van der Waals surface area contributed by atoms with Crippen molar-refractivity contribution < 1.29 is 19.1 Å². The third kappa shape index (κ3) is 8.19. The molecule has 1 amide bonds. The zero-order valence-corrected chi connectivity index (χ0v) is 25.8. The van der Waals surface area contributed by atoms with Crippen LogP contribution >= 0.6 is 0 Å². The van der Waals surface area contributed by atoms with Gasteiger partial charge in [-0.25, -0.2) is 9.78 Å². The number of ether oxygens (including phenoxy) is 2. The summed E-state index contributed by atoms with van der Waals surface area (Å²) >= 11 is 0. The molecule has 3 aromatic carbocycles. The number of rotatable bonds is 9. The van der Waals surface area contributed by atoms with Crippen LogP contribution in [0.5, 0.6) is 11.5 Å². The van der Waals surface area contributed by atoms with E-state index in [0.29, 0.717) is 18.6 Å². The molecule has 42 heavy (non-hydrogen) atoms. The number of nitrogens with one attached hydrogen (secondary N) is 1. The molecule has 1 aromatic heterocycles. The Morgan fingerprint density at radius 2 is 1.50 bits per heavy atom. The molecule has 0 fully saturated rings. The second-order valence-electron chi connectivity index (χ2n) is 13.0. The van der Waals surface area contributed by atoms with Crippen molar-refractivity contribution in [3.8, 4) is 11.5 Å². The first-order valence-corrected chi connectivity index (χ1v) is 14.5. The van der Waals surface area contributed by atoms with Crippen molar-refractivity contribution in [3.05, 3.63) is 101 Å². The quantitative estimate of drug-likeness (QED) is 0.209. The topological polar surface area (TPSA) is 77.5 Å². The maximum absolute atomic E-state index is 13.4. The van der Waals surface area contributed by atoms with Crippen molar-refractivity contribution in [1.29, 1.82) is 0 Å². The van der Waals surface area contributed by atoms with E-state index in [0.717, 1.165) is 28.6 Å². The van der Waals surface area contributed by atoms with E-state index in [1.54, 1.807) is 6.07 Å². The fourth-order valence-corrected chi connectivity index (χ4v) is 4.91. The molecule has 0 unspecified atom stereocenters. The van der Waals surface area contributed by atoms with Crippen LogP contribution in [0.25, 0.3) is 10.8 Å². The third-order valence-electron chi connectivity index (χ3n) is 7.17. The van der Waals surface area contributed by atoms with Crippen molar-refractivity contribution >= 4 is 22.6 Å². The fourth-order valence-electron chi connectivity index (χ4n) is 4.91. The molecule has 4 rings (SSSR count). The normalized spacial score (nSPS) is 12.5. The molecule has 1 N–H and O–H groups in total. The Kier molecular flexibility index (Phi) is 9.35. The van der Waals surface area contributed by atoms with Crippen LogP contribution in [-0.4, -0.2) is 30.0 Å². The van der Waals surface area contributed by atoms with Crippen molar-refractivity contribution in [2.24, 2.45) is 5.41 Å². The molecule has 220 valence electrons. The van der Waals surface area contributed by atoms with E-state index >= 15 is 0 Å². The molecule has 4 aromatic rings. The molecule has 0 aliphatic rings. The molecule has 0 aliphatic heterocycles. The summed E-state index contributed by atoms with van der Waals surface area (Å²) in [5.41, 5.74) is 3.36. The summed E-state index contributed by atoms with van der Waals surface area (Å²) in [4.78, 5) is 30.7. The molecule has 6 heteroatoms. The Hall–Kier alpha value is -4.19. The zero-order valence-electron chi connectivity index (χ0n) is 25.8. The van der Waals surface area contributed by atoms with Gasteiger partial charge in [-0.3, -0.25) is 4.79 Å². The van der Waals surface area contributed by atoms with Gasteiger partial charge in [-0.2, -0.15) is 0 Å². The first kappa shape index (κ1) is 30.8. The highest BCUT2D eigenvalue weighted by atomic mass is 16.5. The number of aromatic nitrogens is 1. The van der Waals surface area contributed by atoms with Crippen molar-refractivity contribution in [2.75, 3.05) is 7.11 Å². The maximum Gasteiger partial charge on any atom is 0.328 e. The van der Waals surface area contributed by atoms with Gasteiger partial charge in [0.2, 0.25) is 0 Å². The average molecular weight is 567 g/mol. The number of nitrogens with zero attached hydrogens (tertiary/aromatic N) is 1. The van der Waals surface area contributed by atoms with Gasteiger partial charge in [-0.05, 0) is 76.9 Å². The van der Waals surface area contributed by atoms with E-state index in [1.807, 2.05) is 69.3 Å². The summed E-state index contributed by atoms with van der Waals surface area (Å²) in [7, 11) is 1.33. The first-order valence-electron chi connectivity index (χ1n) is 14.5. The van der Waals surface area contributed by atoms with Crippen LogP contribution in [0.3, 0.4) is 0 Å². The summed E-state index contributed by atoms with van der Waals surface area (Å²) in [6, 6.07) is 25.2. The molecule has 0 radical (unpaired) electrons. The number of hydrogen-bond acceptors (Lipinski definition) is 5. The van der Waals surface area contributed by atoms with E-state index < -0.39 is 17.9 Å². The molecule has 0 spiro atoms. The average Bonchev–Trinajstić information content (AvgIpc) is 2.94. The zero-order chi connectivity index (χ0) is 30.5. The number of esters is 1. The van der Waals surface area contributed by atoms with Gasteiger partial charge in [0.1, 0.15) is 23.2 Å². The van der Waals surface area contributed by atoms with Gasteiger partial charge >= 0.3 is 5.97 Å². The van der Waals surface area contributed by atoms with E-state index in [9.17, 15) is 9.59 Å². The monoisotopic (exact) mass is 566 g/mol. The van der Waals surface area contributed by atoms with E-state index in [-0.39, 0.29) is 16.5 Å². The summed E-state index contributed by atoms with van der Waals surface area (Å²) < 4.78 is 11.2. The van der Waals surface area contributed by atoms with E-state index in [4.69, 9.17) is 14.5 Å². The number of benzene rings is 3. The second kappa shape index (κ2) is 12.8. The van der Waals surface area contributed by atoms with Crippen LogP contribution < -0.4 is 10.1 Å². The van der Waals surface area contributed by atoms with Crippen LogP contribution in [0.1, 0.15) is 75.3 Å². The lowest BCUT2D eigenvalue weighted by molar-refractivity contribution is -0.143. The van der Waals surface area contributed by atoms with Crippen molar-refractivity contribution in [3.63, 3.8) is 0 Å². The van der Waals surface area contributed by atoms with Crippen LogP contribution in [0.4, 0.5) is 0 Å². The fraction of sp³-hybridized carbons (Fsp3) is 0.361. The van der Waals surface area contributed by atoms with Gasteiger partial charge < -0.3 is 14.8 Å². The molecule has 1 atom stereocenters. The summed E-state index contributed by atoms with van der Waals surface area (Å²) in [6.07, 6.45) is 1.84. The molecular weight excluding hydrogens is 524 g/mol. The Labute approximate surface area is 249 Å². The highest BCUT2D eigenvalue weighted by Crippen LogP contribution is 2.30. The number of pyridine rings is 1. The molecular formula is C36H42N2O4. The lowest BCUT2D eigenvalue weighted by Gasteiger charge is -2.25. The van der Waals surface area contributed by atoms with Gasteiger partial charge in [-0.15, -0.1) is 0 Å². The van der Waals surface area contributed by atoms with Crippen molar-refractivity contribution in [1.82, 2.24) is 10.3 Å². The minimum atomic E-state index is -0.770. The summed E-state index contributed by atoms with van der Waals surface area (Å²) in [5, 5.41) is 4.66. The standard InChI is InChI=1S/C36H42N2O4/c1-35(2,3)23-32(34(40)41-7)38-33(39)31-21-25-14-17-28(42-27-18-15-26(16-19-27)36(4,5)6)22-29(25)30(37-31)20-13-24-11-9-8-10-12-24/h8-12,14-19,21-22,32H,13,20,23H2,1-7H3,(H,38,39)/t32-/m0/s1. The molecule has 0 saturated heterocycles. The van der Waals surface area contributed by atoms with Gasteiger partial charge in [0.25, 0.3) is 5.91 Å². The first-order chi connectivity index (χ1) is 19.8. The number of hydrogen-bond donors (Lipinski definition) is 1. The number of methoxy groups -OCH3 is 1. The van der Waals surface area contributed by atoms with Crippen molar-refractivity contribution in [2.45, 2.75) is 72.3 Å². The van der Waals surface area contributed by atoms with Gasteiger partial charge in [0.15, 0.2) is 0 Å². The Bertz CT molecular complexity index is 1530. The van der Waals surface area contributed by atoms with Gasteiger partial charge in [0.05, 0.1) is 7.11 Å². The lowest BCUT2D eigenvalue weighted by atomic mass is 9.87. The minimum absolute atomic E-state index is 0.0639. The number of aryl methyl sites for hydroxylation is 2. The highest BCUT2D eigenvalue weighted by molar-refractivity contribution is 5.99. The van der Waals surface area contributed by atoms with Crippen LogP contribution in [0.2, 0.25) is 0 Å². The SMILES string of the molecule is COC(=O)[C@H](CC(C)(C)C)NC(=O)c1cc2ccc(Oc3ccc(C(C)(C)C)cc3)cc2c(CCc2ccccc2)n1. The smallest absolute Gasteiger partial charge is 0.328 e. The Morgan fingerprint density at radius 1 is 0.833 bits per heavy atom. The van der Waals surface area contributed by atoms with Gasteiger partial charge in [0, 0.05) is 11.1 Å². The minimum Gasteiger partial charge on any atom is -0.467 e. The lowest BCUT2D eigenvalue weighted by Crippen LogP contribution is -2.44. The predicted octanol–water partition coefficient (Wildman–Crippen LogP) is 7.82. The van der Waals surface area contributed by atoms with E-state index in [2.05, 4.69) is 50.4 Å². The number of amides is 1. The predicted molar refractivity (Wildman–Crippen MR) is 168 cm³/mol. The molecule has 6 nitrogen and oxygen atoms in total. The summed E-state index contributed by atoms with van der Waals surface area (Å²) in [5.74, 6) is 0.573. The number of carbonyl (C=O) groups excluding carboxylic acids is 2. The highest BCUT2D eigenvalue weighted by Gasteiger charge is 2.28.